The van der Waals surface area contributed by atoms with Crippen LogP contribution in [0.3, 0.4) is 0 Å². The van der Waals surface area contributed by atoms with Gasteiger partial charge in [0.05, 0.1) is 10.2 Å². The van der Waals surface area contributed by atoms with Gasteiger partial charge in [-0.2, -0.15) is 0 Å². The third kappa shape index (κ3) is 3.50. The van der Waals surface area contributed by atoms with Gasteiger partial charge in [-0.05, 0) is 22.0 Å². The molecule has 1 rings (SSSR count). The van der Waals surface area contributed by atoms with Crippen molar-refractivity contribution in [2.75, 3.05) is 11.9 Å². The van der Waals surface area contributed by atoms with Crippen LogP contribution in [-0.4, -0.2) is 23.8 Å². The van der Waals surface area contributed by atoms with Gasteiger partial charge < -0.3 is 9.84 Å². The molecule has 0 spiro atoms. The molecule has 8 heteroatoms. The van der Waals surface area contributed by atoms with Crippen LogP contribution < -0.4 is 5.32 Å². The van der Waals surface area contributed by atoms with Crippen LogP contribution in [0.25, 0.3) is 0 Å². The molecule has 0 aromatic heterocycles. The van der Waals surface area contributed by atoms with Crippen LogP contribution in [0.1, 0.15) is 10.4 Å². The highest BCUT2D eigenvalue weighted by Gasteiger charge is 2.24. The van der Waals surface area contributed by atoms with Gasteiger partial charge in [-0.25, -0.2) is 18.4 Å². The summed E-state index contributed by atoms with van der Waals surface area (Å²) in [5.41, 5.74) is -1.80. The Balaban J connectivity index is 3.20. The van der Waals surface area contributed by atoms with Gasteiger partial charge in [0.2, 0.25) is 0 Å². The van der Waals surface area contributed by atoms with Crippen molar-refractivity contribution in [1.29, 1.82) is 0 Å². The number of carbonyl (C=O) groups is 2. The maximum Gasteiger partial charge on any atom is 0.412 e. The van der Waals surface area contributed by atoms with Crippen molar-refractivity contribution in [1.82, 2.24) is 0 Å². The Morgan fingerprint density at radius 1 is 1.53 bits per heavy atom. The number of hydrogen-bond acceptors (Lipinski definition) is 3. The van der Waals surface area contributed by atoms with E-state index in [-0.39, 0.29) is 11.1 Å². The van der Waals surface area contributed by atoms with Crippen LogP contribution in [0.4, 0.5) is 19.3 Å². The van der Waals surface area contributed by atoms with E-state index in [2.05, 4.69) is 27.2 Å². The number of hydrogen-bond donors (Lipinski definition) is 2. The molecule has 5 nitrogen and oxygen atoms in total. The van der Waals surface area contributed by atoms with E-state index >= 15 is 0 Å². The minimum absolute atomic E-state index is 0.160. The Kier molecular flexibility index (Phi) is 4.99. The Hall–Kier alpha value is -1.96. The van der Waals surface area contributed by atoms with Crippen LogP contribution in [0.15, 0.2) is 23.2 Å². The smallest absolute Gasteiger partial charge is 0.412 e. The third-order valence-electron chi connectivity index (χ3n) is 1.94. The Bertz CT molecular complexity index is 548. The van der Waals surface area contributed by atoms with Crippen LogP contribution >= 0.6 is 15.9 Å². The summed E-state index contributed by atoms with van der Waals surface area (Å²) in [5.74, 6) is -4.03. The molecule has 1 aromatic carbocycles. The molecule has 0 unspecified atom stereocenters. The first kappa shape index (κ1) is 15.1. The number of benzene rings is 1. The van der Waals surface area contributed by atoms with Gasteiger partial charge in [0.1, 0.15) is 18.0 Å². The lowest BCUT2D eigenvalue weighted by molar-refractivity contribution is 0.0692. The number of aromatic carboxylic acids is 1. The number of rotatable bonds is 4. The van der Waals surface area contributed by atoms with Gasteiger partial charge in [0.25, 0.3) is 0 Å². The maximum atomic E-state index is 13.7. The predicted octanol–water partition coefficient (Wildman–Crippen LogP) is 3.16. The quantitative estimate of drug-likeness (QED) is 0.654. The van der Waals surface area contributed by atoms with Gasteiger partial charge in [-0.1, -0.05) is 12.7 Å². The molecule has 0 saturated heterocycles. The summed E-state index contributed by atoms with van der Waals surface area (Å²) in [6.45, 7) is 3.13. The molecule has 0 heterocycles. The molecule has 0 saturated carbocycles. The highest BCUT2D eigenvalue weighted by molar-refractivity contribution is 9.10. The molecule has 0 aliphatic heterocycles. The zero-order valence-corrected chi connectivity index (χ0v) is 11.0. The number of carbonyl (C=O) groups excluding carboxylic acids is 1. The molecule has 1 amide bonds. The number of carboxylic acids is 1. The minimum Gasteiger partial charge on any atom is -0.478 e. The largest absolute Gasteiger partial charge is 0.478 e. The molecule has 0 atom stereocenters. The summed E-state index contributed by atoms with van der Waals surface area (Å²) in [7, 11) is 0. The van der Waals surface area contributed by atoms with E-state index < -0.39 is 34.9 Å². The molecule has 0 aliphatic rings. The summed E-state index contributed by atoms with van der Waals surface area (Å²) in [4.78, 5) is 22.1. The topological polar surface area (TPSA) is 75.6 Å². The third-order valence-corrected chi connectivity index (χ3v) is 2.52. The molecule has 0 radical (unpaired) electrons. The molecule has 0 fully saturated rings. The average molecular weight is 336 g/mol. The van der Waals surface area contributed by atoms with Crippen molar-refractivity contribution in [2.24, 2.45) is 0 Å². The van der Waals surface area contributed by atoms with Crippen molar-refractivity contribution >= 4 is 33.7 Å². The Morgan fingerprint density at radius 3 is 2.68 bits per heavy atom. The maximum absolute atomic E-state index is 13.7. The monoisotopic (exact) mass is 335 g/mol. The van der Waals surface area contributed by atoms with Crippen molar-refractivity contribution in [3.63, 3.8) is 0 Å². The van der Waals surface area contributed by atoms with E-state index in [1.165, 1.54) is 6.08 Å². The zero-order chi connectivity index (χ0) is 14.6. The lowest BCUT2D eigenvalue weighted by Gasteiger charge is -2.11. The van der Waals surface area contributed by atoms with Gasteiger partial charge in [-0.15, -0.1) is 0 Å². The second kappa shape index (κ2) is 6.28. The summed E-state index contributed by atoms with van der Waals surface area (Å²) in [6.07, 6.45) is 0.133. The van der Waals surface area contributed by atoms with Crippen molar-refractivity contribution in [3.05, 3.63) is 40.4 Å². The molecule has 102 valence electrons. The van der Waals surface area contributed by atoms with E-state index in [0.29, 0.717) is 6.07 Å². The molecule has 19 heavy (non-hydrogen) atoms. The van der Waals surface area contributed by atoms with Crippen LogP contribution in [0.5, 0.6) is 0 Å². The van der Waals surface area contributed by atoms with E-state index in [1.54, 1.807) is 0 Å². The summed E-state index contributed by atoms with van der Waals surface area (Å²) in [5, 5.41) is 10.7. The second-order valence-corrected chi connectivity index (χ2v) is 4.08. The summed E-state index contributed by atoms with van der Waals surface area (Å²) >= 11 is 2.71. The van der Waals surface area contributed by atoms with E-state index in [1.807, 2.05) is 5.32 Å². The first-order valence-electron chi connectivity index (χ1n) is 4.84. The van der Waals surface area contributed by atoms with Crippen LogP contribution in [0, 0.1) is 11.6 Å². The minimum atomic E-state index is -1.72. The fourth-order valence-corrected chi connectivity index (χ4v) is 1.59. The second-order valence-electron chi connectivity index (χ2n) is 3.22. The molecular formula is C11H8BrF2NO4. The summed E-state index contributed by atoms with van der Waals surface area (Å²) < 4.78 is 31.4. The number of anilines is 1. The van der Waals surface area contributed by atoms with Crippen LogP contribution in [-0.2, 0) is 4.74 Å². The van der Waals surface area contributed by atoms with Gasteiger partial charge in [0, 0.05) is 0 Å². The van der Waals surface area contributed by atoms with Gasteiger partial charge in [0.15, 0.2) is 5.82 Å². The average Bonchev–Trinajstić information content (AvgIpc) is 2.32. The number of nitrogens with one attached hydrogen (secondary N) is 1. The van der Waals surface area contributed by atoms with E-state index in [0.717, 1.165) is 0 Å². The van der Waals surface area contributed by atoms with Gasteiger partial charge >= 0.3 is 12.1 Å². The zero-order valence-electron chi connectivity index (χ0n) is 9.37. The number of carboxylic acid groups (broad SMARTS) is 1. The number of amides is 1. The normalized spacial score (nSPS) is 9.84. The Morgan fingerprint density at radius 2 is 2.16 bits per heavy atom. The number of ether oxygens (including phenoxy) is 1. The SMILES string of the molecule is C=CCOC(=O)Nc1c(F)c(Br)cc(F)c1C(=O)O. The standard InChI is InChI=1S/C11H8BrF2NO4/c1-2-3-19-11(18)15-9-7(10(16)17)6(13)4-5(12)8(9)14/h2,4H,1,3H2,(H,15,18)(H,16,17). The predicted molar refractivity (Wildman–Crippen MR) is 66.2 cm³/mol. The highest BCUT2D eigenvalue weighted by Crippen LogP contribution is 2.29. The molecule has 0 bridgehead atoms. The lowest BCUT2D eigenvalue weighted by atomic mass is 10.1. The first-order valence-corrected chi connectivity index (χ1v) is 5.63. The molecule has 2 N–H and O–H groups in total. The van der Waals surface area contributed by atoms with Crippen molar-refractivity contribution < 1.29 is 28.2 Å². The van der Waals surface area contributed by atoms with Crippen molar-refractivity contribution in [3.8, 4) is 0 Å². The summed E-state index contributed by atoms with van der Waals surface area (Å²) in [6, 6.07) is 0.652. The lowest BCUT2D eigenvalue weighted by Crippen LogP contribution is -2.18. The van der Waals surface area contributed by atoms with E-state index in [4.69, 9.17) is 5.11 Å². The molecule has 0 aliphatic carbocycles. The fraction of sp³-hybridized carbons (Fsp3) is 0.0909. The molecular weight excluding hydrogens is 328 g/mol. The Labute approximate surface area is 115 Å². The highest BCUT2D eigenvalue weighted by atomic mass is 79.9. The number of halogens is 3. The van der Waals surface area contributed by atoms with E-state index in [9.17, 15) is 18.4 Å². The van der Waals surface area contributed by atoms with Crippen LogP contribution in [0.2, 0.25) is 0 Å². The van der Waals surface area contributed by atoms with Crippen molar-refractivity contribution in [2.45, 2.75) is 0 Å². The molecule has 1 aromatic rings. The van der Waals surface area contributed by atoms with Gasteiger partial charge in [-0.3, -0.25) is 5.32 Å². The first-order chi connectivity index (χ1) is 8.88. The fourth-order valence-electron chi connectivity index (χ4n) is 1.19.